The Morgan fingerprint density at radius 3 is 2.96 bits per heavy atom. The van der Waals surface area contributed by atoms with Crippen molar-refractivity contribution in [2.24, 2.45) is 0 Å². The molecule has 1 aliphatic rings. The number of morpholine rings is 1. The van der Waals surface area contributed by atoms with Crippen molar-refractivity contribution in [3.05, 3.63) is 34.9 Å². The summed E-state index contributed by atoms with van der Waals surface area (Å²) in [7, 11) is 1.66. The lowest BCUT2D eigenvalue weighted by atomic mass is 9.99. The normalized spacial score (nSPS) is 21.5. The standard InChI is InChI=1S/C18H28N2O3/c1-13-5-6-14(2)16(9-13)17-11-20(15(3)12-23-17)18(21)10-19-7-8-22-4/h5-6,9,15,17,19H,7-8,10-12H2,1-4H3/t15-,17+/m1/s1. The van der Waals surface area contributed by atoms with Crippen LogP contribution in [0.1, 0.15) is 29.7 Å². The van der Waals surface area contributed by atoms with Crippen LogP contribution >= 0.6 is 0 Å². The molecule has 0 saturated carbocycles. The number of rotatable bonds is 6. The van der Waals surface area contributed by atoms with Crippen molar-refractivity contribution >= 4 is 5.91 Å². The predicted octanol–water partition coefficient (Wildman–Crippen LogP) is 1.83. The van der Waals surface area contributed by atoms with Crippen LogP contribution in [-0.4, -0.2) is 56.8 Å². The summed E-state index contributed by atoms with van der Waals surface area (Å²) in [5.74, 6) is 0.118. The summed E-state index contributed by atoms with van der Waals surface area (Å²) in [6, 6.07) is 6.49. The number of carbonyl (C=O) groups is 1. The molecule has 5 nitrogen and oxygen atoms in total. The molecule has 0 radical (unpaired) electrons. The Morgan fingerprint density at radius 1 is 1.43 bits per heavy atom. The van der Waals surface area contributed by atoms with Gasteiger partial charge in [-0.15, -0.1) is 0 Å². The Bertz CT molecular complexity index is 533. The van der Waals surface area contributed by atoms with Crippen molar-refractivity contribution in [1.29, 1.82) is 0 Å². The molecule has 1 aromatic carbocycles. The minimum Gasteiger partial charge on any atom is -0.383 e. The first-order valence-corrected chi connectivity index (χ1v) is 8.20. The van der Waals surface area contributed by atoms with Gasteiger partial charge in [0.25, 0.3) is 0 Å². The highest BCUT2D eigenvalue weighted by atomic mass is 16.5. The first kappa shape index (κ1) is 17.9. The van der Waals surface area contributed by atoms with Crippen molar-refractivity contribution in [3.63, 3.8) is 0 Å². The first-order chi connectivity index (χ1) is 11.0. The number of methoxy groups -OCH3 is 1. The smallest absolute Gasteiger partial charge is 0.236 e. The third-order valence-electron chi connectivity index (χ3n) is 4.29. The summed E-state index contributed by atoms with van der Waals surface area (Å²) >= 11 is 0. The van der Waals surface area contributed by atoms with Gasteiger partial charge in [-0.1, -0.05) is 23.8 Å². The topological polar surface area (TPSA) is 50.8 Å². The second-order valence-electron chi connectivity index (χ2n) is 6.25. The SMILES string of the molecule is COCCNCC(=O)N1C[C@@H](c2cc(C)ccc2C)OC[C@H]1C. The molecule has 1 aromatic rings. The van der Waals surface area contributed by atoms with Crippen molar-refractivity contribution in [1.82, 2.24) is 10.2 Å². The summed E-state index contributed by atoms with van der Waals surface area (Å²) in [4.78, 5) is 14.4. The van der Waals surface area contributed by atoms with Gasteiger partial charge in [0.2, 0.25) is 5.91 Å². The fourth-order valence-corrected chi connectivity index (χ4v) is 2.87. The van der Waals surface area contributed by atoms with Crippen LogP contribution in [0.5, 0.6) is 0 Å². The number of amides is 1. The lowest BCUT2D eigenvalue weighted by Gasteiger charge is -2.38. The van der Waals surface area contributed by atoms with Gasteiger partial charge in [-0.3, -0.25) is 4.79 Å². The van der Waals surface area contributed by atoms with Gasteiger partial charge in [0, 0.05) is 13.7 Å². The molecule has 0 aliphatic carbocycles. The van der Waals surface area contributed by atoms with E-state index in [4.69, 9.17) is 9.47 Å². The molecule has 1 aliphatic heterocycles. The summed E-state index contributed by atoms with van der Waals surface area (Å²) in [6.07, 6.45) is -0.0472. The fraction of sp³-hybridized carbons (Fsp3) is 0.611. The number of carbonyl (C=O) groups excluding carboxylic acids is 1. The zero-order valence-electron chi connectivity index (χ0n) is 14.6. The average molecular weight is 320 g/mol. The van der Waals surface area contributed by atoms with Gasteiger partial charge in [0.05, 0.1) is 32.3 Å². The first-order valence-electron chi connectivity index (χ1n) is 8.20. The monoisotopic (exact) mass is 320 g/mol. The number of aryl methyl sites for hydroxylation is 2. The number of hydrogen-bond donors (Lipinski definition) is 1. The van der Waals surface area contributed by atoms with E-state index in [1.807, 2.05) is 11.8 Å². The van der Waals surface area contributed by atoms with Gasteiger partial charge in [-0.05, 0) is 31.9 Å². The molecule has 128 valence electrons. The van der Waals surface area contributed by atoms with Crippen LogP contribution in [0.3, 0.4) is 0 Å². The molecule has 1 N–H and O–H groups in total. The molecule has 0 aromatic heterocycles. The fourth-order valence-electron chi connectivity index (χ4n) is 2.87. The number of nitrogens with zero attached hydrogens (tertiary/aromatic N) is 1. The molecule has 1 saturated heterocycles. The maximum atomic E-state index is 12.5. The summed E-state index contributed by atoms with van der Waals surface area (Å²) < 4.78 is 11.0. The minimum absolute atomic E-state index is 0.0472. The van der Waals surface area contributed by atoms with Crippen molar-refractivity contribution in [3.8, 4) is 0 Å². The van der Waals surface area contributed by atoms with Crippen LogP contribution in [0.25, 0.3) is 0 Å². The third-order valence-corrected chi connectivity index (χ3v) is 4.29. The zero-order chi connectivity index (χ0) is 16.8. The van der Waals surface area contributed by atoms with Crippen LogP contribution in [-0.2, 0) is 14.3 Å². The van der Waals surface area contributed by atoms with E-state index < -0.39 is 0 Å². The molecule has 0 bridgehead atoms. The van der Waals surface area contributed by atoms with Crippen molar-refractivity contribution < 1.29 is 14.3 Å². The molecule has 0 unspecified atom stereocenters. The van der Waals surface area contributed by atoms with E-state index in [0.29, 0.717) is 32.8 Å². The highest BCUT2D eigenvalue weighted by Crippen LogP contribution is 2.28. The molecule has 2 atom stereocenters. The summed E-state index contributed by atoms with van der Waals surface area (Å²) in [5, 5.41) is 3.12. The molecule has 1 amide bonds. The second-order valence-corrected chi connectivity index (χ2v) is 6.25. The maximum Gasteiger partial charge on any atom is 0.236 e. The molecular weight excluding hydrogens is 292 g/mol. The van der Waals surface area contributed by atoms with Crippen LogP contribution in [0.4, 0.5) is 0 Å². The lowest BCUT2D eigenvalue weighted by Crippen LogP contribution is -2.51. The highest BCUT2D eigenvalue weighted by Gasteiger charge is 2.30. The minimum atomic E-state index is -0.0472. The summed E-state index contributed by atoms with van der Waals surface area (Å²) in [5.41, 5.74) is 3.61. The van der Waals surface area contributed by atoms with E-state index in [1.54, 1.807) is 7.11 Å². The molecule has 1 fully saturated rings. The molecule has 5 heteroatoms. The highest BCUT2D eigenvalue weighted by molar-refractivity contribution is 5.78. The maximum absolute atomic E-state index is 12.5. The Kier molecular flexibility index (Phi) is 6.57. The molecule has 23 heavy (non-hydrogen) atoms. The predicted molar refractivity (Wildman–Crippen MR) is 90.5 cm³/mol. The van der Waals surface area contributed by atoms with E-state index in [1.165, 1.54) is 16.7 Å². The number of nitrogens with one attached hydrogen (secondary N) is 1. The van der Waals surface area contributed by atoms with Gasteiger partial charge in [-0.2, -0.15) is 0 Å². The van der Waals surface area contributed by atoms with E-state index in [-0.39, 0.29) is 18.1 Å². The number of ether oxygens (including phenoxy) is 2. The van der Waals surface area contributed by atoms with Crippen LogP contribution in [0.15, 0.2) is 18.2 Å². The zero-order valence-corrected chi connectivity index (χ0v) is 14.6. The molecular formula is C18H28N2O3. The molecule has 1 heterocycles. The Morgan fingerprint density at radius 2 is 2.22 bits per heavy atom. The van der Waals surface area contributed by atoms with Gasteiger partial charge < -0.3 is 19.7 Å². The third kappa shape index (κ3) is 4.77. The van der Waals surface area contributed by atoms with Gasteiger partial charge in [0.15, 0.2) is 0 Å². The Hall–Kier alpha value is -1.43. The lowest BCUT2D eigenvalue weighted by molar-refractivity contribution is -0.143. The van der Waals surface area contributed by atoms with Gasteiger partial charge >= 0.3 is 0 Å². The quantitative estimate of drug-likeness (QED) is 0.813. The largest absolute Gasteiger partial charge is 0.383 e. The molecule has 2 rings (SSSR count). The van der Waals surface area contributed by atoms with Crippen LogP contribution in [0, 0.1) is 13.8 Å². The van der Waals surface area contributed by atoms with E-state index >= 15 is 0 Å². The van der Waals surface area contributed by atoms with E-state index in [0.717, 1.165) is 0 Å². The Balaban J connectivity index is 2.01. The number of benzene rings is 1. The van der Waals surface area contributed by atoms with Gasteiger partial charge in [-0.25, -0.2) is 0 Å². The van der Waals surface area contributed by atoms with Crippen molar-refractivity contribution in [2.45, 2.75) is 32.9 Å². The van der Waals surface area contributed by atoms with Crippen molar-refractivity contribution in [2.75, 3.05) is 40.0 Å². The van der Waals surface area contributed by atoms with Crippen LogP contribution in [0.2, 0.25) is 0 Å². The summed E-state index contributed by atoms with van der Waals surface area (Å²) in [6.45, 7) is 9.02. The van der Waals surface area contributed by atoms with E-state index in [2.05, 4.69) is 37.4 Å². The van der Waals surface area contributed by atoms with Crippen LogP contribution < -0.4 is 5.32 Å². The second kappa shape index (κ2) is 8.43. The Labute approximate surface area is 139 Å². The van der Waals surface area contributed by atoms with Gasteiger partial charge in [0.1, 0.15) is 6.10 Å². The molecule has 0 spiro atoms. The average Bonchev–Trinajstić information content (AvgIpc) is 2.54. The van der Waals surface area contributed by atoms with E-state index in [9.17, 15) is 4.79 Å². The number of hydrogen-bond acceptors (Lipinski definition) is 4.